The molecule has 2 aromatic rings. The zero-order valence-corrected chi connectivity index (χ0v) is 18.0. The molecule has 2 aliphatic heterocycles. The molecule has 2 heterocycles. The van der Waals surface area contributed by atoms with Crippen LogP contribution in [0, 0.1) is 5.92 Å². The fourth-order valence-corrected chi connectivity index (χ4v) is 5.46. The van der Waals surface area contributed by atoms with E-state index in [0.717, 1.165) is 16.4 Å². The summed E-state index contributed by atoms with van der Waals surface area (Å²) in [4.78, 5) is 11.9. The number of nitrogens with zero attached hydrogens (tertiary/aromatic N) is 1. The molecule has 1 saturated heterocycles. The molecule has 0 saturated carbocycles. The van der Waals surface area contributed by atoms with Gasteiger partial charge in [0.2, 0.25) is 16.8 Å². The molecule has 4 rings (SSSR count). The van der Waals surface area contributed by atoms with E-state index in [1.165, 1.54) is 6.07 Å². The molecule has 32 heavy (non-hydrogen) atoms. The summed E-state index contributed by atoms with van der Waals surface area (Å²) in [6, 6.07) is 6.85. The first-order valence-electron chi connectivity index (χ1n) is 9.54. The lowest BCUT2D eigenvalue weighted by atomic mass is 9.98. The maximum atomic E-state index is 13.0. The van der Waals surface area contributed by atoms with Crippen LogP contribution in [0.25, 0.3) is 0 Å². The van der Waals surface area contributed by atoms with Gasteiger partial charge in [0.15, 0.2) is 11.5 Å². The van der Waals surface area contributed by atoms with Crippen LogP contribution in [0.3, 0.4) is 0 Å². The van der Waals surface area contributed by atoms with Gasteiger partial charge in [-0.25, -0.2) is 8.42 Å². The van der Waals surface area contributed by atoms with Gasteiger partial charge in [-0.2, -0.15) is 17.5 Å². The summed E-state index contributed by atoms with van der Waals surface area (Å²) >= 11 is 5.89. The van der Waals surface area contributed by atoms with Crippen molar-refractivity contribution in [3.63, 3.8) is 0 Å². The van der Waals surface area contributed by atoms with Gasteiger partial charge in [-0.15, -0.1) is 0 Å². The second-order valence-electron chi connectivity index (χ2n) is 7.26. The average Bonchev–Trinajstić information content (AvgIpc) is 3.21. The second kappa shape index (κ2) is 8.45. The molecule has 0 unspecified atom stereocenters. The number of halogens is 4. The zero-order chi connectivity index (χ0) is 23.1. The summed E-state index contributed by atoms with van der Waals surface area (Å²) in [7, 11) is -4.27. The molecule has 172 valence electrons. The van der Waals surface area contributed by atoms with Crippen LogP contribution in [0.4, 0.5) is 13.2 Å². The highest BCUT2D eigenvalue weighted by Gasteiger charge is 2.37. The maximum Gasteiger partial charge on any atom is 0.416 e. The van der Waals surface area contributed by atoms with E-state index < -0.39 is 38.5 Å². The fraction of sp³-hybridized carbons (Fsp3) is 0.350. The zero-order valence-electron chi connectivity index (χ0n) is 16.4. The van der Waals surface area contributed by atoms with Crippen molar-refractivity contribution in [1.29, 1.82) is 0 Å². The van der Waals surface area contributed by atoms with E-state index in [9.17, 15) is 26.4 Å². The minimum atomic E-state index is -4.71. The Labute approximate surface area is 186 Å². The second-order valence-corrected chi connectivity index (χ2v) is 9.57. The Hall–Kier alpha value is -2.50. The average molecular weight is 492 g/mol. The molecular weight excluding hydrogens is 475 g/mol. The summed E-state index contributed by atoms with van der Waals surface area (Å²) in [5.74, 6) is 0.165. The van der Waals surface area contributed by atoms with Crippen LogP contribution in [-0.2, 0) is 21.0 Å². The first-order chi connectivity index (χ1) is 15.1. The highest BCUT2D eigenvalue weighted by Crippen LogP contribution is 2.37. The van der Waals surface area contributed by atoms with Gasteiger partial charge in [0.05, 0.1) is 16.5 Å². The molecule has 7 nitrogen and oxygen atoms in total. The van der Waals surface area contributed by atoms with E-state index in [4.69, 9.17) is 25.8 Å². The smallest absolute Gasteiger partial charge is 0.416 e. The van der Waals surface area contributed by atoms with Crippen LogP contribution in [0.1, 0.15) is 18.4 Å². The summed E-state index contributed by atoms with van der Waals surface area (Å²) in [6.45, 7) is -0.0405. The SMILES string of the molecule is O=C(Oc1ccc2c(c1)OCO2)C1CCN(S(=O)(=O)c2cc(C(F)(F)F)ccc2Cl)CC1. The van der Waals surface area contributed by atoms with Crippen LogP contribution in [0.2, 0.25) is 5.02 Å². The van der Waals surface area contributed by atoms with E-state index in [1.807, 2.05) is 0 Å². The number of rotatable bonds is 4. The topological polar surface area (TPSA) is 82.1 Å². The highest BCUT2D eigenvalue weighted by molar-refractivity contribution is 7.89. The number of hydrogen-bond acceptors (Lipinski definition) is 6. The van der Waals surface area contributed by atoms with Crippen molar-refractivity contribution in [3.8, 4) is 17.2 Å². The minimum absolute atomic E-state index is 0.0597. The monoisotopic (exact) mass is 491 g/mol. The van der Waals surface area contributed by atoms with Crippen molar-refractivity contribution in [2.45, 2.75) is 23.9 Å². The number of hydrogen-bond donors (Lipinski definition) is 0. The lowest BCUT2D eigenvalue weighted by molar-refractivity contribution is -0.140. The first kappa shape index (κ1) is 22.7. The number of fused-ring (bicyclic) bond motifs is 1. The van der Waals surface area contributed by atoms with Crippen molar-refractivity contribution in [1.82, 2.24) is 4.31 Å². The molecule has 0 spiro atoms. The Morgan fingerprint density at radius 1 is 1.06 bits per heavy atom. The Bertz CT molecular complexity index is 1150. The van der Waals surface area contributed by atoms with Gasteiger partial charge in [-0.05, 0) is 43.2 Å². The third kappa shape index (κ3) is 4.50. The van der Waals surface area contributed by atoms with Gasteiger partial charge in [0.1, 0.15) is 10.6 Å². The Kier molecular flexibility index (Phi) is 5.99. The molecule has 0 amide bonds. The van der Waals surface area contributed by atoms with E-state index >= 15 is 0 Å². The van der Waals surface area contributed by atoms with Crippen LogP contribution >= 0.6 is 11.6 Å². The van der Waals surface area contributed by atoms with Crippen LogP contribution < -0.4 is 14.2 Å². The minimum Gasteiger partial charge on any atom is -0.454 e. The molecule has 0 aliphatic carbocycles. The quantitative estimate of drug-likeness (QED) is 0.473. The molecule has 12 heteroatoms. The van der Waals surface area contributed by atoms with Gasteiger partial charge >= 0.3 is 12.1 Å². The van der Waals surface area contributed by atoms with Crippen molar-refractivity contribution in [3.05, 3.63) is 47.0 Å². The van der Waals surface area contributed by atoms with Gasteiger partial charge in [0.25, 0.3) is 0 Å². The Morgan fingerprint density at radius 2 is 1.75 bits per heavy atom. The van der Waals surface area contributed by atoms with E-state index in [0.29, 0.717) is 17.6 Å². The largest absolute Gasteiger partial charge is 0.454 e. The lowest BCUT2D eigenvalue weighted by Crippen LogP contribution is -2.41. The van der Waals surface area contributed by atoms with Crippen molar-refractivity contribution < 1.29 is 40.6 Å². The molecule has 0 aromatic heterocycles. The van der Waals surface area contributed by atoms with Crippen molar-refractivity contribution >= 4 is 27.6 Å². The van der Waals surface area contributed by atoms with Gasteiger partial charge in [0, 0.05) is 19.2 Å². The first-order valence-corrected chi connectivity index (χ1v) is 11.4. The highest BCUT2D eigenvalue weighted by atomic mass is 35.5. The summed E-state index contributed by atoms with van der Waals surface area (Å²) in [5, 5.41) is -0.303. The molecule has 0 atom stereocenters. The molecule has 0 N–H and O–H groups in total. The standard InChI is InChI=1S/C20H17ClF3NO6S/c21-15-3-1-13(20(22,23)24)9-18(15)32(27,28)25-7-5-12(6-8-25)19(26)31-14-2-4-16-17(10-14)30-11-29-16/h1-4,9-10,12H,5-8,11H2. The number of piperidine rings is 1. The normalized spacial score (nSPS) is 17.4. The van der Waals surface area contributed by atoms with Crippen LogP contribution in [-0.4, -0.2) is 38.6 Å². The Balaban J connectivity index is 1.42. The van der Waals surface area contributed by atoms with Crippen LogP contribution in [0.15, 0.2) is 41.3 Å². The molecule has 1 fully saturated rings. The number of esters is 1. The molecule has 2 aliphatic rings. The van der Waals surface area contributed by atoms with Gasteiger partial charge in [-0.1, -0.05) is 11.6 Å². The van der Waals surface area contributed by atoms with Crippen LogP contribution in [0.5, 0.6) is 17.2 Å². The van der Waals surface area contributed by atoms with Gasteiger partial charge < -0.3 is 14.2 Å². The predicted octanol–water partition coefficient (Wildman–Crippen LogP) is 4.09. The van der Waals surface area contributed by atoms with E-state index in [2.05, 4.69) is 0 Å². The number of sulfonamides is 1. The van der Waals surface area contributed by atoms with E-state index in [1.54, 1.807) is 12.1 Å². The summed E-state index contributed by atoms with van der Waals surface area (Å²) < 4.78 is 81.6. The van der Waals surface area contributed by atoms with Crippen molar-refractivity contribution in [2.75, 3.05) is 19.9 Å². The summed E-state index contributed by atoms with van der Waals surface area (Å²) in [6.07, 6.45) is -4.40. The Morgan fingerprint density at radius 3 is 2.44 bits per heavy atom. The maximum absolute atomic E-state index is 13.0. The molecule has 0 bridgehead atoms. The summed E-state index contributed by atoms with van der Waals surface area (Å²) in [5.41, 5.74) is -1.11. The number of carbonyl (C=O) groups is 1. The number of ether oxygens (including phenoxy) is 3. The number of carbonyl (C=O) groups excluding carboxylic acids is 1. The third-order valence-electron chi connectivity index (χ3n) is 5.23. The van der Waals surface area contributed by atoms with E-state index in [-0.39, 0.29) is 43.5 Å². The molecular formula is C20H17ClF3NO6S. The predicted molar refractivity (Wildman–Crippen MR) is 106 cm³/mol. The number of benzene rings is 2. The molecule has 0 radical (unpaired) electrons. The number of alkyl halides is 3. The lowest BCUT2D eigenvalue weighted by Gasteiger charge is -2.30. The molecule has 2 aromatic carbocycles. The van der Waals surface area contributed by atoms with Crippen molar-refractivity contribution in [2.24, 2.45) is 5.92 Å². The fourth-order valence-electron chi connectivity index (χ4n) is 3.49. The van der Waals surface area contributed by atoms with Gasteiger partial charge in [-0.3, -0.25) is 4.79 Å². The third-order valence-corrected chi connectivity index (χ3v) is 7.61.